The molecule has 1 rings (SSSR count). The molecule has 0 spiro atoms. The first-order valence-corrected chi connectivity index (χ1v) is 7.27. The second kappa shape index (κ2) is 8.46. The number of hydrogen-bond acceptors (Lipinski definition) is 4. The van der Waals surface area contributed by atoms with E-state index in [1.165, 1.54) is 0 Å². The van der Waals surface area contributed by atoms with E-state index in [0.717, 1.165) is 12.8 Å². The quantitative estimate of drug-likeness (QED) is 0.451. The van der Waals surface area contributed by atoms with Crippen LogP contribution in [0.3, 0.4) is 0 Å². The van der Waals surface area contributed by atoms with Crippen LogP contribution >= 0.6 is 0 Å². The number of aliphatic hydroxyl groups excluding tert-OH is 1. The minimum Gasteiger partial charge on any atom is -0.394 e. The second-order valence-electron chi connectivity index (χ2n) is 4.98. The van der Waals surface area contributed by atoms with Gasteiger partial charge in [-0.1, -0.05) is 13.8 Å². The standard InChI is InChI=1S/C13H24N4O4/c1-3-5-17(6-4-2)12(20)10(8-18)15-11(19)9-7-14-13(21)16-9/h9-10,18H,3-8H2,1-2H3,(H,15,19)(H2,14,16,21)/t9?,10-/m0/s1. The van der Waals surface area contributed by atoms with Crippen LogP contribution in [0.4, 0.5) is 4.79 Å². The van der Waals surface area contributed by atoms with E-state index in [-0.39, 0.29) is 12.5 Å². The number of rotatable bonds is 8. The van der Waals surface area contributed by atoms with Gasteiger partial charge in [0.15, 0.2) is 0 Å². The van der Waals surface area contributed by atoms with Crippen molar-refractivity contribution in [3.05, 3.63) is 0 Å². The molecule has 1 saturated heterocycles. The number of aliphatic hydroxyl groups is 1. The third-order valence-electron chi connectivity index (χ3n) is 3.18. The highest BCUT2D eigenvalue weighted by atomic mass is 16.3. The van der Waals surface area contributed by atoms with Crippen molar-refractivity contribution in [2.24, 2.45) is 0 Å². The van der Waals surface area contributed by atoms with Gasteiger partial charge in [0, 0.05) is 19.6 Å². The summed E-state index contributed by atoms with van der Waals surface area (Å²) in [6.07, 6.45) is 1.61. The molecule has 1 heterocycles. The Labute approximate surface area is 124 Å². The Morgan fingerprint density at radius 1 is 1.38 bits per heavy atom. The lowest BCUT2D eigenvalue weighted by Crippen LogP contribution is -2.55. The molecule has 8 nitrogen and oxygen atoms in total. The fraction of sp³-hybridized carbons (Fsp3) is 0.769. The van der Waals surface area contributed by atoms with Crippen molar-refractivity contribution in [1.29, 1.82) is 0 Å². The lowest BCUT2D eigenvalue weighted by Gasteiger charge is -2.27. The molecule has 2 atom stereocenters. The summed E-state index contributed by atoms with van der Waals surface area (Å²) >= 11 is 0. The topological polar surface area (TPSA) is 111 Å². The molecule has 1 fully saturated rings. The molecule has 0 aromatic carbocycles. The Morgan fingerprint density at radius 3 is 2.43 bits per heavy atom. The van der Waals surface area contributed by atoms with Crippen LogP contribution in [-0.2, 0) is 9.59 Å². The van der Waals surface area contributed by atoms with E-state index in [1.807, 2.05) is 13.8 Å². The van der Waals surface area contributed by atoms with Crippen molar-refractivity contribution in [1.82, 2.24) is 20.9 Å². The third-order valence-corrected chi connectivity index (χ3v) is 3.18. The summed E-state index contributed by atoms with van der Waals surface area (Å²) in [6.45, 7) is 4.79. The van der Waals surface area contributed by atoms with Gasteiger partial charge in [-0.3, -0.25) is 9.59 Å². The minimum atomic E-state index is -0.979. The molecular formula is C13H24N4O4. The van der Waals surface area contributed by atoms with Crippen LogP contribution < -0.4 is 16.0 Å². The van der Waals surface area contributed by atoms with Gasteiger partial charge >= 0.3 is 6.03 Å². The molecule has 0 aromatic heterocycles. The van der Waals surface area contributed by atoms with Crippen LogP contribution in [0.15, 0.2) is 0 Å². The van der Waals surface area contributed by atoms with E-state index in [0.29, 0.717) is 13.1 Å². The Balaban J connectivity index is 2.61. The molecule has 0 aliphatic carbocycles. The molecule has 0 saturated carbocycles. The zero-order valence-corrected chi connectivity index (χ0v) is 12.5. The largest absolute Gasteiger partial charge is 0.394 e. The first-order valence-electron chi connectivity index (χ1n) is 7.27. The molecule has 1 aliphatic rings. The monoisotopic (exact) mass is 300 g/mol. The SMILES string of the molecule is CCCN(CCC)C(=O)[C@H](CO)NC(=O)C1CNC(=O)N1. The molecule has 1 unspecified atom stereocenters. The summed E-state index contributed by atoms with van der Waals surface area (Å²) in [5, 5.41) is 16.8. The maximum Gasteiger partial charge on any atom is 0.315 e. The number of urea groups is 1. The van der Waals surface area contributed by atoms with Crippen molar-refractivity contribution >= 4 is 17.8 Å². The fourth-order valence-electron chi connectivity index (χ4n) is 2.16. The smallest absolute Gasteiger partial charge is 0.315 e. The van der Waals surface area contributed by atoms with E-state index >= 15 is 0 Å². The zero-order chi connectivity index (χ0) is 15.8. The number of amides is 4. The van der Waals surface area contributed by atoms with Crippen molar-refractivity contribution in [3.8, 4) is 0 Å². The molecule has 21 heavy (non-hydrogen) atoms. The van der Waals surface area contributed by atoms with Crippen LogP contribution in [0.1, 0.15) is 26.7 Å². The Kier molecular flexibility index (Phi) is 6.93. The first-order chi connectivity index (χ1) is 10.0. The number of carbonyl (C=O) groups excluding carboxylic acids is 3. The Bertz CT molecular complexity index is 382. The summed E-state index contributed by atoms with van der Waals surface area (Å²) in [6, 6.07) is -2.11. The molecule has 4 amide bonds. The first kappa shape index (κ1) is 17.2. The van der Waals surface area contributed by atoms with Gasteiger partial charge in [0.1, 0.15) is 12.1 Å². The predicted octanol–water partition coefficient (Wildman–Crippen LogP) is -1.21. The van der Waals surface area contributed by atoms with Crippen LogP contribution in [-0.4, -0.2) is 66.2 Å². The minimum absolute atomic E-state index is 0.171. The van der Waals surface area contributed by atoms with E-state index < -0.39 is 30.6 Å². The number of nitrogens with one attached hydrogen (secondary N) is 3. The number of hydrogen-bond donors (Lipinski definition) is 4. The number of carbonyl (C=O) groups is 3. The molecule has 0 aromatic rings. The van der Waals surface area contributed by atoms with E-state index in [4.69, 9.17) is 0 Å². The van der Waals surface area contributed by atoms with Crippen LogP contribution in [0, 0.1) is 0 Å². The molecule has 4 N–H and O–H groups in total. The highest BCUT2D eigenvalue weighted by Crippen LogP contribution is 2.01. The van der Waals surface area contributed by atoms with E-state index in [2.05, 4.69) is 16.0 Å². The second-order valence-corrected chi connectivity index (χ2v) is 4.98. The maximum absolute atomic E-state index is 12.3. The van der Waals surface area contributed by atoms with E-state index in [1.54, 1.807) is 4.90 Å². The third kappa shape index (κ3) is 4.89. The highest BCUT2D eigenvalue weighted by Gasteiger charge is 2.31. The predicted molar refractivity (Wildman–Crippen MR) is 76.5 cm³/mol. The molecule has 0 radical (unpaired) electrons. The fourth-order valence-corrected chi connectivity index (χ4v) is 2.16. The average Bonchev–Trinajstić information content (AvgIpc) is 2.90. The highest BCUT2D eigenvalue weighted by molar-refractivity contribution is 5.93. The molecule has 8 heteroatoms. The van der Waals surface area contributed by atoms with Crippen molar-refractivity contribution in [3.63, 3.8) is 0 Å². The summed E-state index contributed by atoms with van der Waals surface area (Å²) in [5.74, 6) is -0.777. The van der Waals surface area contributed by atoms with Gasteiger partial charge in [-0.15, -0.1) is 0 Å². The average molecular weight is 300 g/mol. The normalized spacial score (nSPS) is 18.6. The molecule has 1 aliphatic heterocycles. The van der Waals surface area contributed by atoms with Gasteiger partial charge in [0.05, 0.1) is 6.61 Å². The summed E-state index contributed by atoms with van der Waals surface area (Å²) in [7, 11) is 0. The van der Waals surface area contributed by atoms with Gasteiger partial charge < -0.3 is 26.0 Å². The number of nitrogens with zero attached hydrogens (tertiary/aromatic N) is 1. The van der Waals surface area contributed by atoms with Crippen LogP contribution in [0.2, 0.25) is 0 Å². The molecule has 120 valence electrons. The Hall–Kier alpha value is -1.83. The van der Waals surface area contributed by atoms with Crippen molar-refractivity contribution < 1.29 is 19.5 Å². The summed E-state index contributed by atoms with van der Waals surface area (Å²) < 4.78 is 0. The van der Waals surface area contributed by atoms with Gasteiger partial charge in [-0.25, -0.2) is 4.79 Å². The summed E-state index contributed by atoms with van der Waals surface area (Å²) in [4.78, 5) is 36.9. The van der Waals surface area contributed by atoms with Gasteiger partial charge in [0.25, 0.3) is 0 Å². The molecular weight excluding hydrogens is 276 g/mol. The van der Waals surface area contributed by atoms with Gasteiger partial charge in [-0.05, 0) is 12.8 Å². The van der Waals surface area contributed by atoms with Crippen LogP contribution in [0.25, 0.3) is 0 Å². The van der Waals surface area contributed by atoms with Crippen LogP contribution in [0.5, 0.6) is 0 Å². The van der Waals surface area contributed by atoms with Crippen molar-refractivity contribution in [2.75, 3.05) is 26.2 Å². The van der Waals surface area contributed by atoms with Gasteiger partial charge in [0.2, 0.25) is 11.8 Å². The van der Waals surface area contributed by atoms with Gasteiger partial charge in [-0.2, -0.15) is 0 Å². The van der Waals surface area contributed by atoms with E-state index in [9.17, 15) is 19.5 Å². The zero-order valence-electron chi connectivity index (χ0n) is 12.5. The Morgan fingerprint density at radius 2 is 2.00 bits per heavy atom. The lowest BCUT2D eigenvalue weighted by atomic mass is 10.2. The maximum atomic E-state index is 12.3. The lowest BCUT2D eigenvalue weighted by molar-refractivity contribution is -0.138. The molecule has 0 bridgehead atoms. The summed E-state index contributed by atoms with van der Waals surface area (Å²) in [5.41, 5.74) is 0. The van der Waals surface area contributed by atoms with Crippen molar-refractivity contribution in [2.45, 2.75) is 38.8 Å².